The van der Waals surface area contributed by atoms with Gasteiger partial charge in [0.2, 0.25) is 5.91 Å². The minimum Gasteiger partial charge on any atom is -0.495 e. The molecule has 106 valence electrons. The maximum Gasteiger partial charge on any atom is 0.239 e. The average Bonchev–Trinajstić information content (AvgIpc) is 2.43. The van der Waals surface area contributed by atoms with E-state index in [4.69, 9.17) is 21.1 Å². The van der Waals surface area contributed by atoms with Gasteiger partial charge in [0.05, 0.1) is 31.5 Å². The lowest BCUT2D eigenvalue weighted by atomic mass is 10.2. The number of nitrogens with one attached hydrogen (secondary N) is 2. The summed E-state index contributed by atoms with van der Waals surface area (Å²) in [5.41, 5.74) is 0.662. The number of hydrogen-bond acceptors (Lipinski definition) is 4. The van der Waals surface area contributed by atoms with Crippen molar-refractivity contribution in [2.45, 2.75) is 13.3 Å². The number of methoxy groups -OCH3 is 2. The fraction of sp³-hybridized carbons (Fsp3) is 0.462. The van der Waals surface area contributed by atoms with Crippen molar-refractivity contribution in [3.05, 3.63) is 17.2 Å². The summed E-state index contributed by atoms with van der Waals surface area (Å²) in [6.45, 7) is 2.84. The van der Waals surface area contributed by atoms with Gasteiger partial charge in [-0.1, -0.05) is 18.5 Å². The number of benzene rings is 1. The van der Waals surface area contributed by atoms with Crippen molar-refractivity contribution in [1.82, 2.24) is 5.32 Å². The van der Waals surface area contributed by atoms with Crippen LogP contribution in [0.5, 0.6) is 11.5 Å². The van der Waals surface area contributed by atoms with Crippen LogP contribution >= 0.6 is 11.6 Å². The van der Waals surface area contributed by atoms with Gasteiger partial charge in [-0.25, -0.2) is 0 Å². The minimum absolute atomic E-state index is 0.0715. The van der Waals surface area contributed by atoms with Crippen molar-refractivity contribution in [1.29, 1.82) is 0 Å². The topological polar surface area (TPSA) is 59.6 Å². The first-order valence-corrected chi connectivity index (χ1v) is 6.42. The first kappa shape index (κ1) is 15.4. The summed E-state index contributed by atoms with van der Waals surface area (Å²) >= 11 is 6.00. The molecule has 1 amide bonds. The molecule has 0 unspecified atom stereocenters. The standard InChI is InChI=1S/C13H19ClN2O3/c1-4-5-15-13(17)8-16-10-7-11(18-2)9(14)6-12(10)19-3/h6-7,16H,4-5,8H2,1-3H3,(H,15,17). The van der Waals surface area contributed by atoms with Gasteiger partial charge in [0.25, 0.3) is 0 Å². The summed E-state index contributed by atoms with van der Waals surface area (Å²) in [7, 11) is 3.08. The Bertz CT molecular complexity index is 438. The number of carbonyl (C=O) groups excluding carboxylic acids is 1. The Labute approximate surface area is 118 Å². The van der Waals surface area contributed by atoms with E-state index < -0.39 is 0 Å². The number of carbonyl (C=O) groups is 1. The molecule has 1 aromatic carbocycles. The van der Waals surface area contributed by atoms with Crippen LogP contribution in [0.4, 0.5) is 5.69 Å². The van der Waals surface area contributed by atoms with Gasteiger partial charge in [-0.15, -0.1) is 0 Å². The fourth-order valence-electron chi connectivity index (χ4n) is 1.50. The van der Waals surface area contributed by atoms with Gasteiger partial charge >= 0.3 is 0 Å². The van der Waals surface area contributed by atoms with Gasteiger partial charge in [0.1, 0.15) is 11.5 Å². The van der Waals surface area contributed by atoms with Crippen molar-refractivity contribution in [3.8, 4) is 11.5 Å². The zero-order valence-electron chi connectivity index (χ0n) is 11.4. The molecule has 0 aliphatic rings. The molecule has 1 rings (SSSR count). The number of ether oxygens (including phenoxy) is 2. The van der Waals surface area contributed by atoms with Gasteiger partial charge in [-0.2, -0.15) is 0 Å². The summed E-state index contributed by atoms with van der Waals surface area (Å²) in [6.07, 6.45) is 0.907. The van der Waals surface area contributed by atoms with Crippen LogP contribution in [-0.4, -0.2) is 33.2 Å². The molecule has 0 bridgehead atoms. The molecule has 0 aromatic heterocycles. The zero-order chi connectivity index (χ0) is 14.3. The lowest BCUT2D eigenvalue weighted by Crippen LogP contribution is -2.30. The Morgan fingerprint density at radius 1 is 1.26 bits per heavy atom. The van der Waals surface area contributed by atoms with E-state index >= 15 is 0 Å². The van der Waals surface area contributed by atoms with E-state index in [2.05, 4.69) is 10.6 Å². The van der Waals surface area contributed by atoms with Crippen molar-refractivity contribution in [3.63, 3.8) is 0 Å². The quantitative estimate of drug-likeness (QED) is 0.807. The lowest BCUT2D eigenvalue weighted by Gasteiger charge is -2.13. The molecule has 1 aromatic rings. The van der Waals surface area contributed by atoms with Crippen LogP contribution in [0.25, 0.3) is 0 Å². The van der Waals surface area contributed by atoms with Crippen LogP contribution in [0.3, 0.4) is 0 Å². The second-order valence-electron chi connectivity index (χ2n) is 3.89. The Morgan fingerprint density at radius 3 is 2.53 bits per heavy atom. The third-order valence-corrected chi connectivity index (χ3v) is 2.78. The largest absolute Gasteiger partial charge is 0.495 e. The SMILES string of the molecule is CCCNC(=O)CNc1cc(OC)c(Cl)cc1OC. The summed E-state index contributed by atoms with van der Waals surface area (Å²) < 4.78 is 10.3. The summed E-state index contributed by atoms with van der Waals surface area (Å²) in [5, 5.41) is 6.24. The van der Waals surface area contributed by atoms with Crippen molar-refractivity contribution >= 4 is 23.2 Å². The molecule has 5 nitrogen and oxygen atoms in total. The number of halogens is 1. The van der Waals surface area contributed by atoms with E-state index in [1.165, 1.54) is 7.11 Å². The molecule has 0 spiro atoms. The smallest absolute Gasteiger partial charge is 0.239 e. The van der Waals surface area contributed by atoms with Gasteiger partial charge in [-0.05, 0) is 6.42 Å². The van der Waals surface area contributed by atoms with Crippen molar-refractivity contribution in [2.75, 3.05) is 32.6 Å². The molecular weight excluding hydrogens is 268 g/mol. The fourth-order valence-corrected chi connectivity index (χ4v) is 1.73. The van der Waals surface area contributed by atoms with Crippen LogP contribution in [-0.2, 0) is 4.79 Å². The number of hydrogen-bond donors (Lipinski definition) is 2. The van der Waals surface area contributed by atoms with Gasteiger partial charge in [-0.3, -0.25) is 4.79 Å². The molecular formula is C13H19ClN2O3. The van der Waals surface area contributed by atoms with Crippen LogP contribution < -0.4 is 20.1 Å². The number of anilines is 1. The van der Waals surface area contributed by atoms with E-state index in [-0.39, 0.29) is 12.5 Å². The molecule has 0 radical (unpaired) electrons. The maximum absolute atomic E-state index is 11.5. The van der Waals surface area contributed by atoms with Crippen LogP contribution in [0.15, 0.2) is 12.1 Å². The van der Waals surface area contributed by atoms with E-state index in [1.54, 1.807) is 19.2 Å². The highest BCUT2D eigenvalue weighted by Gasteiger charge is 2.10. The first-order chi connectivity index (χ1) is 9.12. The molecule has 2 N–H and O–H groups in total. The maximum atomic E-state index is 11.5. The lowest BCUT2D eigenvalue weighted by molar-refractivity contribution is -0.119. The average molecular weight is 287 g/mol. The predicted octanol–water partition coefficient (Wildman–Crippen LogP) is 2.30. The molecule has 0 atom stereocenters. The molecule has 0 fully saturated rings. The Morgan fingerprint density at radius 2 is 1.95 bits per heavy atom. The van der Waals surface area contributed by atoms with E-state index in [9.17, 15) is 4.79 Å². The minimum atomic E-state index is -0.0715. The highest BCUT2D eigenvalue weighted by Crippen LogP contribution is 2.35. The normalized spacial score (nSPS) is 9.89. The highest BCUT2D eigenvalue weighted by atomic mass is 35.5. The highest BCUT2D eigenvalue weighted by molar-refractivity contribution is 6.32. The third kappa shape index (κ3) is 4.52. The van der Waals surface area contributed by atoms with Gasteiger partial charge in [0, 0.05) is 18.7 Å². The van der Waals surface area contributed by atoms with E-state index in [0.717, 1.165) is 6.42 Å². The predicted molar refractivity (Wildman–Crippen MR) is 76.3 cm³/mol. The second-order valence-corrected chi connectivity index (χ2v) is 4.30. The second kappa shape index (κ2) is 7.74. The molecule has 0 aliphatic heterocycles. The Balaban J connectivity index is 2.73. The molecule has 0 heterocycles. The van der Waals surface area contributed by atoms with E-state index in [0.29, 0.717) is 28.8 Å². The zero-order valence-corrected chi connectivity index (χ0v) is 12.1. The summed E-state index contributed by atoms with van der Waals surface area (Å²) in [6, 6.07) is 3.35. The number of amides is 1. The van der Waals surface area contributed by atoms with Crippen LogP contribution in [0.1, 0.15) is 13.3 Å². The molecule has 0 saturated carbocycles. The number of rotatable bonds is 7. The van der Waals surface area contributed by atoms with Crippen molar-refractivity contribution in [2.24, 2.45) is 0 Å². The molecule has 0 aliphatic carbocycles. The molecule has 19 heavy (non-hydrogen) atoms. The Kier molecular flexibility index (Phi) is 6.29. The molecule has 6 heteroatoms. The van der Waals surface area contributed by atoms with Crippen LogP contribution in [0.2, 0.25) is 5.02 Å². The summed E-state index contributed by atoms with van der Waals surface area (Å²) in [4.78, 5) is 11.5. The first-order valence-electron chi connectivity index (χ1n) is 6.04. The van der Waals surface area contributed by atoms with Gasteiger partial charge in [0.15, 0.2) is 0 Å². The van der Waals surface area contributed by atoms with E-state index in [1.807, 2.05) is 6.92 Å². The summed E-state index contributed by atoms with van der Waals surface area (Å²) in [5.74, 6) is 1.02. The van der Waals surface area contributed by atoms with Crippen molar-refractivity contribution < 1.29 is 14.3 Å². The Hall–Kier alpha value is -1.62. The van der Waals surface area contributed by atoms with Gasteiger partial charge < -0.3 is 20.1 Å². The van der Waals surface area contributed by atoms with Crippen LogP contribution in [0, 0.1) is 0 Å². The molecule has 0 saturated heterocycles. The monoisotopic (exact) mass is 286 g/mol. The third-order valence-electron chi connectivity index (χ3n) is 2.49.